The first-order valence-corrected chi connectivity index (χ1v) is 13.7. The number of aromatic nitrogens is 2. The summed E-state index contributed by atoms with van der Waals surface area (Å²) in [6.07, 6.45) is -3.09. The van der Waals surface area contributed by atoms with E-state index in [1.165, 1.54) is 6.92 Å². The van der Waals surface area contributed by atoms with Crippen LogP contribution in [0.1, 0.15) is 33.9 Å². The topological polar surface area (TPSA) is 164 Å². The van der Waals surface area contributed by atoms with Crippen LogP contribution in [-0.2, 0) is 25.8 Å². The predicted octanol–water partition coefficient (Wildman–Crippen LogP) is 1.06. The molecule has 14 heteroatoms. The van der Waals surface area contributed by atoms with Crippen LogP contribution in [0.25, 0.3) is 0 Å². The molecule has 0 radical (unpaired) electrons. The maximum absolute atomic E-state index is 12.2. The van der Waals surface area contributed by atoms with E-state index in [9.17, 15) is 24.7 Å². The fourth-order valence-electron chi connectivity index (χ4n) is 3.45. The molecule has 2 aromatic rings. The first-order valence-electron chi connectivity index (χ1n) is 11.0. The van der Waals surface area contributed by atoms with Crippen molar-refractivity contribution in [3.8, 4) is 5.75 Å². The van der Waals surface area contributed by atoms with Crippen LogP contribution in [0.3, 0.4) is 0 Å². The van der Waals surface area contributed by atoms with Gasteiger partial charge in [0.2, 0.25) is 0 Å². The van der Waals surface area contributed by atoms with Gasteiger partial charge >= 0.3 is 11.6 Å². The normalized spacial score (nSPS) is 26.3. The van der Waals surface area contributed by atoms with E-state index in [1.807, 2.05) is 19.9 Å². The van der Waals surface area contributed by atoms with E-state index in [4.69, 9.17) is 30.5 Å². The van der Waals surface area contributed by atoms with E-state index in [-0.39, 0.29) is 17.7 Å². The Balaban J connectivity index is 1.72. The number of hydrogen-bond acceptors (Lipinski definition) is 9. The van der Waals surface area contributed by atoms with Crippen molar-refractivity contribution in [3.63, 3.8) is 0 Å². The Morgan fingerprint density at radius 2 is 1.97 bits per heavy atom. The molecule has 1 aliphatic rings. The second kappa shape index (κ2) is 11.3. The van der Waals surface area contributed by atoms with Gasteiger partial charge in [0, 0.05) is 12.3 Å². The molecule has 2 heterocycles. The molecule has 1 aromatic carbocycles. The van der Waals surface area contributed by atoms with Crippen LogP contribution in [0, 0.1) is 0 Å². The van der Waals surface area contributed by atoms with Crippen LogP contribution in [-0.4, -0.2) is 55.2 Å². The van der Waals surface area contributed by atoms with Crippen LogP contribution >= 0.6 is 6.64 Å². The van der Waals surface area contributed by atoms with Crippen LogP contribution in [0.2, 0.25) is 0 Å². The number of aliphatic hydroxyl groups is 2. The van der Waals surface area contributed by atoms with Crippen LogP contribution in [0.4, 0.5) is 0 Å². The fourth-order valence-corrected chi connectivity index (χ4v) is 4.97. The van der Waals surface area contributed by atoms with Gasteiger partial charge < -0.3 is 38.9 Å². The van der Waals surface area contributed by atoms with Crippen molar-refractivity contribution in [2.45, 2.75) is 57.8 Å². The van der Waals surface area contributed by atoms with Crippen molar-refractivity contribution in [2.24, 2.45) is 0 Å². The maximum atomic E-state index is 12.2. The van der Waals surface area contributed by atoms with E-state index < -0.39 is 48.5 Å². The third-order valence-electron chi connectivity index (χ3n) is 5.18. The van der Waals surface area contributed by atoms with Gasteiger partial charge in [-0.3, -0.25) is 14.3 Å². The zero-order chi connectivity index (χ0) is 26.7. The number of nitrogens with zero attached hydrogens (tertiary/aromatic N) is 1. The van der Waals surface area contributed by atoms with Crippen molar-refractivity contribution in [1.29, 1.82) is 0 Å². The lowest BCUT2D eigenvalue weighted by atomic mass is 9.96. The highest BCUT2D eigenvalue weighted by atomic mass is 32.5. The molecular formula is C22H30N3O9PS. The Morgan fingerprint density at radius 1 is 1.31 bits per heavy atom. The van der Waals surface area contributed by atoms with Gasteiger partial charge in [-0.1, -0.05) is 18.2 Å². The average molecular weight is 544 g/mol. The molecular weight excluding hydrogens is 513 g/mol. The quantitative estimate of drug-likeness (QED) is 0.215. The third kappa shape index (κ3) is 6.83. The molecule has 36 heavy (non-hydrogen) atoms. The van der Waals surface area contributed by atoms with E-state index in [2.05, 4.69) is 10.1 Å². The maximum Gasteiger partial charge on any atom is 0.330 e. The summed E-state index contributed by atoms with van der Waals surface area (Å²) < 4.78 is 23.6. The number of aliphatic hydroxyl groups excluding tert-OH is 1. The number of H-pyrrole nitrogens is 1. The summed E-state index contributed by atoms with van der Waals surface area (Å²) >= 11 is 5.20. The lowest BCUT2D eigenvalue weighted by Gasteiger charge is -2.27. The standard InChI is InChI=1S/C22H30N3O9PS/c1-13(2)32-19(33-15-8-6-5-7-9-15)14(3)24-35(30,36)31-12-16-18(27)22(4,29)20(34-16)25-11-10-17(26)23-21(25)28/h5-11,13,16,18,20,27,29H,12H2,1-4H3,(H,23,26,28)(H2,24,30,36)/t16-,18-,20-,22-,35+/m1/s1. The molecule has 198 valence electrons. The van der Waals surface area contributed by atoms with Gasteiger partial charge in [-0.05, 0) is 51.6 Å². The van der Waals surface area contributed by atoms with Gasteiger partial charge in [0.25, 0.3) is 12.2 Å². The monoisotopic (exact) mass is 543 g/mol. The molecule has 0 bridgehead atoms. The molecule has 0 unspecified atom stereocenters. The predicted molar refractivity (Wildman–Crippen MR) is 133 cm³/mol. The molecule has 0 aliphatic carbocycles. The zero-order valence-electron chi connectivity index (χ0n) is 20.2. The van der Waals surface area contributed by atoms with Crippen molar-refractivity contribution in [2.75, 3.05) is 6.61 Å². The summed E-state index contributed by atoms with van der Waals surface area (Å²) in [5.74, 6) is 0.593. The van der Waals surface area contributed by atoms with Crippen molar-refractivity contribution in [1.82, 2.24) is 14.6 Å². The number of rotatable bonds is 10. The summed E-state index contributed by atoms with van der Waals surface area (Å²) in [5.41, 5.74) is -3.09. The Bertz CT molecular complexity index is 1250. The minimum absolute atomic E-state index is 0.0840. The molecule has 12 nitrogen and oxygen atoms in total. The van der Waals surface area contributed by atoms with Gasteiger partial charge in [0.1, 0.15) is 23.6 Å². The second-order valence-corrected chi connectivity index (χ2v) is 11.6. The highest BCUT2D eigenvalue weighted by Crippen LogP contribution is 2.43. The molecule has 3 rings (SSSR count). The number of aromatic amines is 1. The Labute approximate surface area is 212 Å². The molecule has 1 aliphatic heterocycles. The minimum atomic E-state index is -3.70. The number of benzene rings is 1. The first-order chi connectivity index (χ1) is 16.8. The number of para-hydroxylation sites is 1. The van der Waals surface area contributed by atoms with Crippen molar-refractivity contribution < 1.29 is 33.8 Å². The first kappa shape index (κ1) is 28.1. The van der Waals surface area contributed by atoms with Gasteiger partial charge in [-0.25, -0.2) is 4.79 Å². The number of ether oxygens (including phenoxy) is 3. The Kier molecular flexibility index (Phi) is 8.78. The lowest BCUT2D eigenvalue weighted by Crippen LogP contribution is -2.46. The van der Waals surface area contributed by atoms with Crippen LogP contribution in [0.5, 0.6) is 5.75 Å². The molecule has 0 spiro atoms. The van der Waals surface area contributed by atoms with Crippen molar-refractivity contribution >= 4 is 18.4 Å². The number of nitrogens with one attached hydrogen (secondary N) is 2. The van der Waals surface area contributed by atoms with Crippen LogP contribution in [0.15, 0.2) is 63.8 Å². The molecule has 0 amide bonds. The number of hydrogen-bond donors (Lipinski definition) is 5. The summed E-state index contributed by atoms with van der Waals surface area (Å²) in [4.78, 5) is 36.3. The third-order valence-corrected chi connectivity index (χ3v) is 6.89. The number of allylic oxidation sites excluding steroid dienone is 1. The molecule has 1 saturated heterocycles. The highest BCUT2D eigenvalue weighted by Gasteiger charge is 2.53. The summed E-state index contributed by atoms with van der Waals surface area (Å²) in [7, 11) is 0. The fraction of sp³-hybridized carbons (Fsp3) is 0.455. The molecule has 5 N–H and O–H groups in total. The summed E-state index contributed by atoms with van der Waals surface area (Å²) in [5, 5.41) is 24.1. The van der Waals surface area contributed by atoms with Gasteiger partial charge in [0.15, 0.2) is 6.23 Å². The molecule has 1 aromatic heterocycles. The minimum Gasteiger partial charge on any atom is -0.461 e. The Hall–Kier alpha value is -2.51. The second-order valence-electron chi connectivity index (χ2n) is 8.64. The molecule has 1 fully saturated rings. The van der Waals surface area contributed by atoms with Gasteiger partial charge in [-0.15, -0.1) is 0 Å². The summed E-state index contributed by atoms with van der Waals surface area (Å²) in [6.45, 7) is 2.36. The van der Waals surface area contributed by atoms with E-state index in [0.717, 1.165) is 16.8 Å². The molecule has 0 saturated carbocycles. The van der Waals surface area contributed by atoms with Crippen molar-refractivity contribution in [3.05, 3.63) is 75.1 Å². The van der Waals surface area contributed by atoms with E-state index in [1.54, 1.807) is 31.2 Å². The Morgan fingerprint density at radius 3 is 2.58 bits per heavy atom. The van der Waals surface area contributed by atoms with E-state index in [0.29, 0.717) is 5.75 Å². The average Bonchev–Trinajstić information content (AvgIpc) is 3.01. The van der Waals surface area contributed by atoms with Gasteiger partial charge in [0.05, 0.1) is 18.4 Å². The zero-order valence-corrected chi connectivity index (χ0v) is 21.9. The van der Waals surface area contributed by atoms with Gasteiger partial charge in [-0.2, -0.15) is 0 Å². The largest absolute Gasteiger partial charge is 0.461 e. The van der Waals surface area contributed by atoms with E-state index >= 15 is 0 Å². The smallest absolute Gasteiger partial charge is 0.330 e. The summed E-state index contributed by atoms with van der Waals surface area (Å²) in [6, 6.07) is 9.97. The highest BCUT2D eigenvalue weighted by molar-refractivity contribution is 8.08. The SMILES string of the molecule is CC(N[P@@](O)(=S)OC[C@H]1O[C@@H](n2ccc(=O)[nH]c2=O)[C@](C)(O)[C@@H]1O)=C(Oc1ccccc1)OC(C)C. The molecule has 5 atom stereocenters. The van der Waals surface area contributed by atoms with Crippen LogP contribution < -0.4 is 21.1 Å². The lowest BCUT2D eigenvalue weighted by molar-refractivity contribution is -0.0984.